The van der Waals surface area contributed by atoms with Crippen molar-refractivity contribution in [1.29, 1.82) is 0 Å². The van der Waals surface area contributed by atoms with Crippen molar-refractivity contribution in [3.05, 3.63) is 72.4 Å². The van der Waals surface area contributed by atoms with Gasteiger partial charge >= 0.3 is 0 Å². The summed E-state index contributed by atoms with van der Waals surface area (Å²) in [5, 5.41) is 19.4. The van der Waals surface area contributed by atoms with Gasteiger partial charge in [-0.25, -0.2) is 4.98 Å². The van der Waals surface area contributed by atoms with Crippen LogP contribution in [0.1, 0.15) is 11.7 Å². The topological polar surface area (TPSA) is 102 Å². The van der Waals surface area contributed by atoms with E-state index in [0.717, 1.165) is 11.3 Å². The molecule has 1 atom stereocenters. The molecule has 4 N–H and O–H groups in total. The highest BCUT2D eigenvalue weighted by Gasteiger charge is 2.08. The number of hydrogen-bond acceptors (Lipinski definition) is 7. The van der Waals surface area contributed by atoms with Gasteiger partial charge in [0, 0.05) is 24.1 Å². The van der Waals surface area contributed by atoms with Crippen LogP contribution in [0.3, 0.4) is 0 Å². The number of carbonyl (C=O) groups excluding carboxylic acids is 1. The fourth-order valence-corrected chi connectivity index (χ4v) is 2.80. The summed E-state index contributed by atoms with van der Waals surface area (Å²) in [6.07, 6.45) is 0.995. The van der Waals surface area contributed by atoms with E-state index in [4.69, 9.17) is 0 Å². The van der Waals surface area contributed by atoms with Crippen molar-refractivity contribution in [2.45, 2.75) is 6.10 Å². The number of anilines is 4. The number of nitrogens with one attached hydrogen (secondary N) is 3. The molecule has 156 valence electrons. The first-order chi connectivity index (χ1) is 14.5. The Hall–Kier alpha value is -3.49. The minimum atomic E-state index is -0.639. The maximum atomic E-state index is 11.9. The monoisotopic (exact) mass is 406 g/mol. The Bertz CT molecular complexity index is 965. The van der Waals surface area contributed by atoms with E-state index >= 15 is 0 Å². The van der Waals surface area contributed by atoms with Gasteiger partial charge in [-0.1, -0.05) is 36.4 Å². The van der Waals surface area contributed by atoms with Crippen LogP contribution in [0.5, 0.6) is 0 Å². The second-order valence-corrected chi connectivity index (χ2v) is 7.06. The SMILES string of the molecule is CN(C)CC(=O)Nc1cccc(Nc2nccc(NC[C@H](O)c3ccccc3)n2)c1. The number of nitrogens with zero attached hydrogens (tertiary/aromatic N) is 3. The summed E-state index contributed by atoms with van der Waals surface area (Å²) in [6.45, 7) is 0.636. The number of carbonyl (C=O) groups is 1. The second-order valence-electron chi connectivity index (χ2n) is 7.06. The Morgan fingerprint density at radius 2 is 1.83 bits per heavy atom. The lowest BCUT2D eigenvalue weighted by atomic mass is 10.1. The number of likely N-dealkylation sites (N-methyl/N-ethyl adjacent to an activating group) is 1. The largest absolute Gasteiger partial charge is 0.387 e. The molecule has 0 aliphatic carbocycles. The summed E-state index contributed by atoms with van der Waals surface area (Å²) in [5.74, 6) is 0.917. The summed E-state index contributed by atoms with van der Waals surface area (Å²) in [4.78, 5) is 22.4. The van der Waals surface area contributed by atoms with Crippen molar-refractivity contribution in [2.75, 3.05) is 43.1 Å². The smallest absolute Gasteiger partial charge is 0.238 e. The predicted octanol–water partition coefficient (Wildman–Crippen LogP) is 2.87. The summed E-state index contributed by atoms with van der Waals surface area (Å²) < 4.78 is 0. The Balaban J connectivity index is 1.60. The van der Waals surface area contributed by atoms with Gasteiger partial charge < -0.3 is 26.0 Å². The lowest BCUT2D eigenvalue weighted by molar-refractivity contribution is -0.116. The van der Waals surface area contributed by atoms with Gasteiger partial charge in [0.05, 0.1) is 12.6 Å². The summed E-state index contributed by atoms with van der Waals surface area (Å²) in [6, 6.07) is 18.5. The molecule has 1 aromatic heterocycles. The zero-order valence-corrected chi connectivity index (χ0v) is 17.0. The second kappa shape index (κ2) is 10.3. The maximum Gasteiger partial charge on any atom is 0.238 e. The number of amides is 1. The van der Waals surface area contributed by atoms with Gasteiger partial charge in [0.25, 0.3) is 0 Å². The van der Waals surface area contributed by atoms with Crippen molar-refractivity contribution >= 4 is 29.0 Å². The molecule has 0 aliphatic heterocycles. The van der Waals surface area contributed by atoms with Crippen LogP contribution in [0.15, 0.2) is 66.9 Å². The number of benzene rings is 2. The molecule has 0 saturated heterocycles. The van der Waals surface area contributed by atoms with Crippen molar-refractivity contribution < 1.29 is 9.90 Å². The zero-order valence-electron chi connectivity index (χ0n) is 17.0. The van der Waals surface area contributed by atoms with Crippen LogP contribution in [0, 0.1) is 0 Å². The van der Waals surface area contributed by atoms with E-state index in [1.165, 1.54) is 0 Å². The van der Waals surface area contributed by atoms with Crippen LogP contribution in [0.25, 0.3) is 0 Å². The van der Waals surface area contributed by atoms with E-state index in [1.54, 1.807) is 17.2 Å². The third-order valence-corrected chi connectivity index (χ3v) is 4.18. The standard InChI is InChI=1S/C22H26N6O2/c1-28(2)15-21(30)25-17-9-6-10-18(13-17)26-22-23-12-11-20(27-22)24-14-19(29)16-7-4-3-5-8-16/h3-13,19,29H,14-15H2,1-2H3,(H,25,30)(H2,23,24,26,27)/t19-/m0/s1. The lowest BCUT2D eigenvalue weighted by Gasteiger charge is -2.13. The van der Waals surface area contributed by atoms with Crippen LogP contribution in [-0.2, 0) is 4.79 Å². The molecule has 0 spiro atoms. The highest BCUT2D eigenvalue weighted by molar-refractivity contribution is 5.92. The molecular formula is C22H26N6O2. The summed E-state index contributed by atoms with van der Waals surface area (Å²) in [7, 11) is 3.68. The van der Waals surface area contributed by atoms with Crippen molar-refractivity contribution in [3.63, 3.8) is 0 Å². The first-order valence-electron chi connectivity index (χ1n) is 9.61. The maximum absolute atomic E-state index is 11.9. The zero-order chi connectivity index (χ0) is 21.3. The van der Waals surface area contributed by atoms with Gasteiger partial charge in [0.15, 0.2) is 0 Å². The third-order valence-electron chi connectivity index (χ3n) is 4.18. The lowest BCUT2D eigenvalue weighted by Crippen LogP contribution is -2.27. The highest BCUT2D eigenvalue weighted by Crippen LogP contribution is 2.19. The van der Waals surface area contributed by atoms with Gasteiger partial charge in [-0.2, -0.15) is 4.98 Å². The number of aliphatic hydroxyl groups excluding tert-OH is 1. The van der Waals surface area contributed by atoms with Crippen LogP contribution >= 0.6 is 0 Å². The van der Waals surface area contributed by atoms with Crippen molar-refractivity contribution in [1.82, 2.24) is 14.9 Å². The molecule has 3 aromatic rings. The normalized spacial score (nSPS) is 11.7. The Kier molecular flexibility index (Phi) is 7.31. The Labute approximate surface area is 176 Å². The molecule has 1 heterocycles. The molecule has 0 radical (unpaired) electrons. The average Bonchev–Trinajstić information content (AvgIpc) is 2.72. The molecule has 8 nitrogen and oxygen atoms in total. The molecule has 3 rings (SSSR count). The third kappa shape index (κ3) is 6.54. The molecule has 0 saturated carbocycles. The minimum absolute atomic E-state index is 0.0865. The number of hydrogen-bond donors (Lipinski definition) is 4. The highest BCUT2D eigenvalue weighted by atomic mass is 16.3. The van der Waals surface area contributed by atoms with E-state index < -0.39 is 6.10 Å². The Morgan fingerprint density at radius 3 is 2.60 bits per heavy atom. The molecule has 0 fully saturated rings. The van der Waals surface area contributed by atoms with Crippen molar-refractivity contribution in [2.24, 2.45) is 0 Å². The van der Waals surface area contributed by atoms with E-state index in [9.17, 15) is 9.90 Å². The van der Waals surface area contributed by atoms with Crippen molar-refractivity contribution in [3.8, 4) is 0 Å². The molecule has 0 aliphatic rings. The molecular weight excluding hydrogens is 380 g/mol. The molecule has 8 heteroatoms. The number of aromatic nitrogens is 2. The molecule has 0 bridgehead atoms. The van der Waals surface area contributed by atoms with E-state index in [0.29, 0.717) is 30.5 Å². The van der Waals surface area contributed by atoms with Crippen LogP contribution in [0.4, 0.5) is 23.1 Å². The summed E-state index contributed by atoms with van der Waals surface area (Å²) in [5.41, 5.74) is 2.27. The van der Waals surface area contributed by atoms with Crippen LogP contribution in [0.2, 0.25) is 0 Å². The Morgan fingerprint density at radius 1 is 1.07 bits per heavy atom. The summed E-state index contributed by atoms with van der Waals surface area (Å²) >= 11 is 0. The number of aliphatic hydroxyl groups is 1. The molecule has 30 heavy (non-hydrogen) atoms. The molecule has 2 aromatic carbocycles. The minimum Gasteiger partial charge on any atom is -0.387 e. The van der Waals surface area contributed by atoms with E-state index in [2.05, 4.69) is 25.9 Å². The van der Waals surface area contributed by atoms with Gasteiger partial charge in [0.2, 0.25) is 11.9 Å². The van der Waals surface area contributed by atoms with Crippen LogP contribution in [-0.4, -0.2) is 53.1 Å². The van der Waals surface area contributed by atoms with Gasteiger partial charge in [-0.15, -0.1) is 0 Å². The van der Waals surface area contributed by atoms with Gasteiger partial charge in [-0.05, 0) is 43.9 Å². The molecule has 1 amide bonds. The number of rotatable bonds is 9. The van der Waals surface area contributed by atoms with E-state index in [1.807, 2.05) is 68.7 Å². The predicted molar refractivity (Wildman–Crippen MR) is 119 cm³/mol. The van der Waals surface area contributed by atoms with E-state index in [-0.39, 0.29) is 5.91 Å². The fourth-order valence-electron chi connectivity index (χ4n) is 2.80. The average molecular weight is 406 g/mol. The fraction of sp³-hybridized carbons (Fsp3) is 0.227. The molecule has 0 unspecified atom stereocenters. The first kappa shape index (κ1) is 21.2. The van der Waals surface area contributed by atoms with Crippen LogP contribution < -0.4 is 16.0 Å². The quantitative estimate of drug-likeness (QED) is 0.433. The van der Waals surface area contributed by atoms with Gasteiger partial charge in [0.1, 0.15) is 5.82 Å². The first-order valence-corrected chi connectivity index (χ1v) is 9.61. The van der Waals surface area contributed by atoms with Gasteiger partial charge in [-0.3, -0.25) is 4.79 Å².